The lowest BCUT2D eigenvalue weighted by molar-refractivity contribution is 0.0697. The van der Waals surface area contributed by atoms with Gasteiger partial charge in [-0.1, -0.05) is 6.07 Å². The summed E-state index contributed by atoms with van der Waals surface area (Å²) in [5.41, 5.74) is 1.79. The number of aryl methyl sites for hydroxylation is 2. The van der Waals surface area contributed by atoms with Crippen LogP contribution in [0.15, 0.2) is 30.3 Å². The van der Waals surface area contributed by atoms with Gasteiger partial charge in [0, 0.05) is 17.4 Å². The van der Waals surface area contributed by atoms with Gasteiger partial charge in [-0.05, 0) is 32.0 Å². The Kier molecular flexibility index (Phi) is 3.23. The van der Waals surface area contributed by atoms with E-state index in [0.29, 0.717) is 17.3 Å². The number of carboxylic acids is 1. The van der Waals surface area contributed by atoms with Gasteiger partial charge in [0.15, 0.2) is 0 Å². The van der Waals surface area contributed by atoms with E-state index in [-0.39, 0.29) is 5.56 Å². The molecule has 0 saturated heterocycles. The Morgan fingerprint density at radius 1 is 1.22 bits per heavy atom. The zero-order chi connectivity index (χ0) is 13.1. The maximum Gasteiger partial charge on any atom is 0.335 e. The Morgan fingerprint density at radius 2 is 2.00 bits per heavy atom. The van der Waals surface area contributed by atoms with E-state index in [1.165, 1.54) is 0 Å². The van der Waals surface area contributed by atoms with Gasteiger partial charge in [-0.25, -0.2) is 14.8 Å². The summed E-state index contributed by atoms with van der Waals surface area (Å²) >= 11 is 0. The monoisotopic (exact) mass is 243 g/mol. The van der Waals surface area contributed by atoms with Crippen molar-refractivity contribution in [2.45, 2.75) is 13.8 Å². The van der Waals surface area contributed by atoms with E-state index in [2.05, 4.69) is 15.3 Å². The number of carbonyl (C=O) groups is 1. The van der Waals surface area contributed by atoms with Gasteiger partial charge in [0.05, 0.1) is 5.56 Å². The summed E-state index contributed by atoms with van der Waals surface area (Å²) in [5.74, 6) is 0.378. The number of benzene rings is 1. The molecule has 0 saturated carbocycles. The van der Waals surface area contributed by atoms with Crippen molar-refractivity contribution in [3.8, 4) is 0 Å². The summed E-state index contributed by atoms with van der Waals surface area (Å²) in [6.45, 7) is 3.69. The van der Waals surface area contributed by atoms with Gasteiger partial charge in [0.25, 0.3) is 0 Å². The van der Waals surface area contributed by atoms with Crippen molar-refractivity contribution in [2.75, 3.05) is 5.32 Å². The van der Waals surface area contributed by atoms with E-state index in [0.717, 1.165) is 5.69 Å². The van der Waals surface area contributed by atoms with Crippen LogP contribution in [0, 0.1) is 13.8 Å². The van der Waals surface area contributed by atoms with Crippen LogP contribution < -0.4 is 5.32 Å². The molecule has 0 radical (unpaired) electrons. The summed E-state index contributed by atoms with van der Waals surface area (Å²) < 4.78 is 0. The molecule has 2 rings (SSSR count). The van der Waals surface area contributed by atoms with Crippen molar-refractivity contribution in [2.24, 2.45) is 0 Å². The molecule has 2 aromatic rings. The van der Waals surface area contributed by atoms with Gasteiger partial charge in [0.1, 0.15) is 11.6 Å². The number of carboxylic acid groups (broad SMARTS) is 1. The summed E-state index contributed by atoms with van der Waals surface area (Å²) in [7, 11) is 0. The number of aromatic carboxylic acids is 1. The minimum atomic E-state index is -0.950. The second-order valence-corrected chi connectivity index (χ2v) is 3.95. The molecule has 1 aromatic carbocycles. The Hall–Kier alpha value is -2.43. The Morgan fingerprint density at radius 3 is 2.67 bits per heavy atom. The average Bonchev–Trinajstić information content (AvgIpc) is 2.27. The minimum Gasteiger partial charge on any atom is -0.478 e. The predicted octanol–water partition coefficient (Wildman–Crippen LogP) is 2.54. The van der Waals surface area contributed by atoms with Crippen molar-refractivity contribution in [1.29, 1.82) is 0 Å². The highest BCUT2D eigenvalue weighted by Crippen LogP contribution is 2.16. The molecule has 0 unspecified atom stereocenters. The van der Waals surface area contributed by atoms with Crippen molar-refractivity contribution in [1.82, 2.24) is 9.97 Å². The molecule has 0 aliphatic rings. The van der Waals surface area contributed by atoms with Crippen LogP contribution in [0.2, 0.25) is 0 Å². The molecule has 0 aliphatic carbocycles. The Labute approximate surface area is 105 Å². The van der Waals surface area contributed by atoms with Crippen molar-refractivity contribution in [3.63, 3.8) is 0 Å². The first-order valence-electron chi connectivity index (χ1n) is 5.47. The summed E-state index contributed by atoms with van der Waals surface area (Å²) in [6.07, 6.45) is 0. The molecule has 1 heterocycles. The largest absolute Gasteiger partial charge is 0.478 e. The van der Waals surface area contributed by atoms with E-state index in [1.54, 1.807) is 30.3 Å². The highest BCUT2D eigenvalue weighted by molar-refractivity contribution is 5.89. The van der Waals surface area contributed by atoms with Crippen molar-refractivity contribution in [3.05, 3.63) is 47.4 Å². The maximum absolute atomic E-state index is 10.9. The van der Waals surface area contributed by atoms with Crippen LogP contribution in [0.5, 0.6) is 0 Å². The third kappa shape index (κ3) is 2.82. The quantitative estimate of drug-likeness (QED) is 0.866. The molecule has 0 amide bonds. The van der Waals surface area contributed by atoms with E-state index in [9.17, 15) is 4.79 Å². The van der Waals surface area contributed by atoms with E-state index >= 15 is 0 Å². The van der Waals surface area contributed by atoms with Gasteiger partial charge in [-0.3, -0.25) is 0 Å². The van der Waals surface area contributed by atoms with Crippen LogP contribution >= 0.6 is 0 Å². The average molecular weight is 243 g/mol. The molecule has 0 fully saturated rings. The van der Waals surface area contributed by atoms with Gasteiger partial charge in [-0.15, -0.1) is 0 Å². The zero-order valence-electron chi connectivity index (χ0n) is 10.1. The molecule has 0 atom stereocenters. The maximum atomic E-state index is 10.9. The molecule has 5 heteroatoms. The van der Waals surface area contributed by atoms with Crippen molar-refractivity contribution >= 4 is 17.5 Å². The molecular formula is C13H13N3O2. The molecule has 18 heavy (non-hydrogen) atoms. The van der Waals surface area contributed by atoms with Gasteiger partial charge in [-0.2, -0.15) is 0 Å². The fraction of sp³-hybridized carbons (Fsp3) is 0.154. The third-order valence-corrected chi connectivity index (χ3v) is 2.35. The standard InChI is InChI=1S/C13H13N3O2/c1-8-6-12(15-9(2)14-8)16-11-5-3-4-10(7-11)13(17)18/h3-7H,1-2H3,(H,17,18)(H,14,15,16). The number of hydrogen-bond donors (Lipinski definition) is 2. The van der Waals surface area contributed by atoms with Crippen LogP contribution in [0.25, 0.3) is 0 Å². The molecule has 0 spiro atoms. The predicted molar refractivity (Wildman–Crippen MR) is 68.2 cm³/mol. The van der Waals surface area contributed by atoms with E-state index in [4.69, 9.17) is 5.11 Å². The Bertz CT molecular complexity index is 576. The van der Waals surface area contributed by atoms with Gasteiger partial charge >= 0.3 is 5.97 Å². The smallest absolute Gasteiger partial charge is 0.335 e. The van der Waals surface area contributed by atoms with Crippen LogP contribution in [0.4, 0.5) is 11.5 Å². The third-order valence-electron chi connectivity index (χ3n) is 2.35. The Balaban J connectivity index is 2.28. The van der Waals surface area contributed by atoms with Gasteiger partial charge in [0.2, 0.25) is 0 Å². The van der Waals surface area contributed by atoms with Gasteiger partial charge < -0.3 is 10.4 Å². The van der Waals surface area contributed by atoms with E-state index < -0.39 is 5.97 Å². The molecule has 1 aromatic heterocycles. The minimum absolute atomic E-state index is 0.238. The van der Waals surface area contributed by atoms with Crippen LogP contribution in [-0.4, -0.2) is 21.0 Å². The lowest BCUT2D eigenvalue weighted by atomic mass is 10.2. The van der Waals surface area contributed by atoms with Crippen LogP contribution in [0.1, 0.15) is 21.9 Å². The number of aromatic nitrogens is 2. The first kappa shape index (κ1) is 12.0. The fourth-order valence-corrected chi connectivity index (χ4v) is 1.66. The second kappa shape index (κ2) is 4.83. The second-order valence-electron chi connectivity index (χ2n) is 3.95. The molecule has 5 nitrogen and oxygen atoms in total. The topological polar surface area (TPSA) is 75.1 Å². The first-order chi connectivity index (χ1) is 8.54. The molecule has 0 aliphatic heterocycles. The van der Waals surface area contributed by atoms with Crippen molar-refractivity contribution < 1.29 is 9.90 Å². The number of nitrogens with zero attached hydrogens (tertiary/aromatic N) is 2. The highest BCUT2D eigenvalue weighted by Gasteiger charge is 2.04. The highest BCUT2D eigenvalue weighted by atomic mass is 16.4. The van der Waals surface area contributed by atoms with Crippen LogP contribution in [0.3, 0.4) is 0 Å². The molecule has 92 valence electrons. The molecule has 0 bridgehead atoms. The van der Waals surface area contributed by atoms with E-state index in [1.807, 2.05) is 13.8 Å². The fourth-order valence-electron chi connectivity index (χ4n) is 1.66. The number of anilines is 2. The number of nitrogens with one attached hydrogen (secondary N) is 1. The summed E-state index contributed by atoms with van der Waals surface area (Å²) in [4.78, 5) is 19.3. The zero-order valence-corrected chi connectivity index (χ0v) is 10.1. The number of hydrogen-bond acceptors (Lipinski definition) is 4. The summed E-state index contributed by atoms with van der Waals surface area (Å²) in [5, 5.41) is 12.0. The lowest BCUT2D eigenvalue weighted by Crippen LogP contribution is -2.00. The lowest BCUT2D eigenvalue weighted by Gasteiger charge is -2.07. The molecule has 2 N–H and O–H groups in total. The summed E-state index contributed by atoms with van der Waals surface area (Å²) in [6, 6.07) is 8.39. The molecular weight excluding hydrogens is 230 g/mol. The first-order valence-corrected chi connectivity index (χ1v) is 5.47. The number of rotatable bonds is 3. The SMILES string of the molecule is Cc1cc(Nc2cccc(C(=O)O)c2)nc(C)n1. The normalized spacial score (nSPS) is 10.1. The van der Waals surface area contributed by atoms with Crippen LogP contribution in [-0.2, 0) is 0 Å².